The summed E-state index contributed by atoms with van der Waals surface area (Å²) in [6.07, 6.45) is 4.99. The summed E-state index contributed by atoms with van der Waals surface area (Å²) in [6, 6.07) is 13.9. The van der Waals surface area contributed by atoms with Crippen LogP contribution in [0, 0.1) is 0 Å². The Kier molecular flexibility index (Phi) is 7.57. The van der Waals surface area contributed by atoms with E-state index in [1.807, 2.05) is 44.2 Å². The van der Waals surface area contributed by atoms with E-state index in [4.69, 9.17) is 4.74 Å². The number of benzene rings is 2. The summed E-state index contributed by atoms with van der Waals surface area (Å²) < 4.78 is 33.8. The molecular weight excluding hydrogens is 464 g/mol. The predicted octanol–water partition coefficient (Wildman–Crippen LogP) is 4.53. The molecule has 0 spiro atoms. The van der Waals surface area contributed by atoms with E-state index in [0.29, 0.717) is 18.8 Å². The summed E-state index contributed by atoms with van der Waals surface area (Å²) in [5.41, 5.74) is 2.12. The van der Waals surface area contributed by atoms with Gasteiger partial charge in [0.25, 0.3) is 5.91 Å². The molecule has 1 fully saturated rings. The van der Waals surface area contributed by atoms with Gasteiger partial charge in [0.15, 0.2) is 0 Å². The molecule has 4 rings (SSSR count). The van der Waals surface area contributed by atoms with Crippen molar-refractivity contribution in [3.8, 4) is 17.0 Å². The van der Waals surface area contributed by atoms with Gasteiger partial charge in [-0.05, 0) is 49.9 Å². The van der Waals surface area contributed by atoms with Crippen LogP contribution in [0.3, 0.4) is 0 Å². The van der Waals surface area contributed by atoms with Gasteiger partial charge >= 0.3 is 0 Å². The zero-order valence-electron chi connectivity index (χ0n) is 20.3. The summed E-state index contributed by atoms with van der Waals surface area (Å²) >= 11 is 0. The largest absolute Gasteiger partial charge is 0.495 e. The van der Waals surface area contributed by atoms with Crippen molar-refractivity contribution in [2.45, 2.75) is 56.5 Å². The first-order valence-corrected chi connectivity index (χ1v) is 13.4. The SMILES string of the molecule is CCC(NC(=O)c1ccc(OC)c(S(=O)(=O)N2CCCCC2C)c1)c1ncc(-c2ccccc2)[nH]1. The van der Waals surface area contributed by atoms with Crippen LogP contribution in [0.4, 0.5) is 0 Å². The van der Waals surface area contributed by atoms with Crippen LogP contribution in [0.25, 0.3) is 11.3 Å². The number of carbonyl (C=O) groups is 1. The molecule has 2 unspecified atom stereocenters. The van der Waals surface area contributed by atoms with Gasteiger partial charge in [-0.3, -0.25) is 4.79 Å². The Bertz CT molecular complexity index is 1270. The first-order chi connectivity index (χ1) is 16.8. The van der Waals surface area contributed by atoms with Crippen molar-refractivity contribution in [2.24, 2.45) is 0 Å². The highest BCUT2D eigenvalue weighted by atomic mass is 32.2. The average molecular weight is 497 g/mol. The van der Waals surface area contributed by atoms with Gasteiger partial charge in [-0.2, -0.15) is 4.31 Å². The number of aromatic nitrogens is 2. The van der Waals surface area contributed by atoms with Crippen molar-refractivity contribution < 1.29 is 17.9 Å². The molecule has 2 heterocycles. The van der Waals surface area contributed by atoms with Crippen LogP contribution in [0.2, 0.25) is 0 Å². The molecular formula is C26H32N4O4S. The van der Waals surface area contributed by atoms with E-state index in [9.17, 15) is 13.2 Å². The number of amides is 1. The molecule has 2 aromatic carbocycles. The summed E-state index contributed by atoms with van der Waals surface area (Å²) in [5.74, 6) is 0.494. The molecule has 1 aliphatic rings. The van der Waals surface area contributed by atoms with Gasteiger partial charge in [0.2, 0.25) is 10.0 Å². The minimum absolute atomic E-state index is 0.0128. The molecule has 8 nitrogen and oxygen atoms in total. The van der Waals surface area contributed by atoms with Crippen molar-refractivity contribution in [1.82, 2.24) is 19.6 Å². The van der Waals surface area contributed by atoms with E-state index in [0.717, 1.165) is 30.5 Å². The summed E-state index contributed by atoms with van der Waals surface area (Å²) in [4.78, 5) is 21.0. The first kappa shape index (κ1) is 24.9. The van der Waals surface area contributed by atoms with E-state index in [1.165, 1.54) is 23.5 Å². The molecule has 3 aromatic rings. The minimum atomic E-state index is -3.81. The van der Waals surface area contributed by atoms with Crippen molar-refractivity contribution in [1.29, 1.82) is 0 Å². The standard InChI is InChI=1S/C26H32N4O4S/c1-4-21(25-27-17-22(28-25)19-11-6-5-7-12-19)29-26(31)20-13-14-23(34-3)24(16-20)35(32,33)30-15-9-8-10-18(30)2/h5-7,11-14,16-18,21H,4,8-10,15H2,1-3H3,(H,27,28)(H,29,31). The molecule has 0 bridgehead atoms. The Balaban J connectivity index is 1.58. The number of hydrogen-bond donors (Lipinski definition) is 2. The lowest BCUT2D eigenvalue weighted by Gasteiger charge is -2.32. The third-order valence-electron chi connectivity index (χ3n) is 6.48. The molecule has 1 saturated heterocycles. The fourth-order valence-corrected chi connectivity index (χ4v) is 6.34. The van der Waals surface area contributed by atoms with Gasteiger partial charge in [0.1, 0.15) is 16.5 Å². The molecule has 1 amide bonds. The maximum absolute atomic E-state index is 13.5. The summed E-state index contributed by atoms with van der Waals surface area (Å²) in [5, 5.41) is 2.99. The quantitative estimate of drug-likeness (QED) is 0.477. The Morgan fingerprint density at radius 2 is 2.00 bits per heavy atom. The lowest BCUT2D eigenvalue weighted by Crippen LogP contribution is -2.42. The van der Waals surface area contributed by atoms with Crippen molar-refractivity contribution in [3.63, 3.8) is 0 Å². The van der Waals surface area contributed by atoms with E-state index in [-0.39, 0.29) is 34.2 Å². The third kappa shape index (κ3) is 5.26. The number of carbonyl (C=O) groups excluding carboxylic acids is 1. The number of H-pyrrole nitrogens is 1. The molecule has 2 atom stereocenters. The van der Waals surface area contributed by atoms with Gasteiger partial charge in [0.05, 0.1) is 25.0 Å². The Morgan fingerprint density at radius 3 is 2.69 bits per heavy atom. The number of imidazole rings is 1. The normalized spacial score (nSPS) is 17.6. The van der Waals surface area contributed by atoms with Crippen LogP contribution in [-0.4, -0.2) is 48.3 Å². The number of rotatable bonds is 8. The van der Waals surface area contributed by atoms with Crippen LogP contribution in [-0.2, 0) is 10.0 Å². The molecule has 0 aliphatic carbocycles. The monoisotopic (exact) mass is 496 g/mol. The first-order valence-electron chi connectivity index (χ1n) is 12.0. The van der Waals surface area contributed by atoms with Gasteiger partial charge in [-0.25, -0.2) is 13.4 Å². The van der Waals surface area contributed by atoms with Crippen LogP contribution >= 0.6 is 0 Å². The highest BCUT2D eigenvalue weighted by Gasteiger charge is 2.33. The van der Waals surface area contributed by atoms with Gasteiger partial charge in [-0.15, -0.1) is 0 Å². The number of aromatic amines is 1. The Morgan fingerprint density at radius 1 is 1.23 bits per heavy atom. The molecule has 0 radical (unpaired) electrons. The smallest absolute Gasteiger partial charge is 0.251 e. The van der Waals surface area contributed by atoms with Crippen molar-refractivity contribution in [3.05, 3.63) is 66.1 Å². The van der Waals surface area contributed by atoms with Crippen LogP contribution in [0.5, 0.6) is 5.75 Å². The lowest BCUT2D eigenvalue weighted by molar-refractivity contribution is 0.0933. The molecule has 2 N–H and O–H groups in total. The molecule has 1 aliphatic heterocycles. The number of nitrogens with zero attached hydrogens (tertiary/aromatic N) is 2. The number of ether oxygens (including phenoxy) is 1. The van der Waals surface area contributed by atoms with Gasteiger partial charge in [0, 0.05) is 18.2 Å². The molecule has 0 saturated carbocycles. The Labute approximate surface area is 206 Å². The second-order valence-electron chi connectivity index (χ2n) is 8.81. The minimum Gasteiger partial charge on any atom is -0.495 e. The highest BCUT2D eigenvalue weighted by Crippen LogP contribution is 2.32. The number of methoxy groups -OCH3 is 1. The third-order valence-corrected chi connectivity index (χ3v) is 8.51. The number of sulfonamides is 1. The van der Waals surface area contributed by atoms with Crippen LogP contribution in [0.15, 0.2) is 59.6 Å². The van der Waals surface area contributed by atoms with Gasteiger partial charge < -0.3 is 15.0 Å². The maximum Gasteiger partial charge on any atom is 0.251 e. The fraction of sp³-hybridized carbons (Fsp3) is 0.385. The summed E-state index contributed by atoms with van der Waals surface area (Å²) in [6.45, 7) is 4.33. The van der Waals surface area contributed by atoms with Crippen LogP contribution in [0.1, 0.15) is 61.8 Å². The molecule has 35 heavy (non-hydrogen) atoms. The van der Waals surface area contributed by atoms with Gasteiger partial charge in [-0.1, -0.05) is 43.7 Å². The fourth-order valence-electron chi connectivity index (χ4n) is 4.46. The van der Waals surface area contributed by atoms with E-state index < -0.39 is 10.0 Å². The second kappa shape index (κ2) is 10.6. The highest BCUT2D eigenvalue weighted by molar-refractivity contribution is 7.89. The van der Waals surface area contributed by atoms with E-state index in [1.54, 1.807) is 12.3 Å². The van der Waals surface area contributed by atoms with Crippen molar-refractivity contribution in [2.75, 3.05) is 13.7 Å². The molecule has 1 aromatic heterocycles. The maximum atomic E-state index is 13.5. The van der Waals surface area contributed by atoms with E-state index in [2.05, 4.69) is 15.3 Å². The lowest BCUT2D eigenvalue weighted by atomic mass is 10.1. The average Bonchev–Trinajstić information content (AvgIpc) is 3.37. The number of nitrogens with one attached hydrogen (secondary N) is 2. The zero-order chi connectivity index (χ0) is 25.0. The molecule has 9 heteroatoms. The Hall–Kier alpha value is -3.17. The predicted molar refractivity (Wildman–Crippen MR) is 135 cm³/mol. The number of piperidine rings is 1. The topological polar surface area (TPSA) is 104 Å². The van der Waals surface area contributed by atoms with E-state index >= 15 is 0 Å². The zero-order valence-corrected chi connectivity index (χ0v) is 21.1. The summed E-state index contributed by atoms with van der Waals surface area (Å²) in [7, 11) is -2.38. The second-order valence-corrected chi connectivity index (χ2v) is 10.7. The van der Waals surface area contributed by atoms with Crippen LogP contribution < -0.4 is 10.1 Å². The number of hydrogen-bond acceptors (Lipinski definition) is 5. The van der Waals surface area contributed by atoms with Crippen molar-refractivity contribution >= 4 is 15.9 Å². The molecule has 186 valence electrons.